The topological polar surface area (TPSA) is 40.5 Å². The molecule has 5 saturated carbocycles. The average Bonchev–Trinajstić information content (AvgIpc) is 2.70. The molecule has 184 valence electrons. The number of hydrogen-bond acceptors (Lipinski definition) is 2. The molecule has 11 unspecified atom stereocenters. The van der Waals surface area contributed by atoms with Crippen LogP contribution in [0.2, 0.25) is 0 Å². The fourth-order valence-corrected chi connectivity index (χ4v) is 11.4. The zero-order valence-electron chi connectivity index (χ0n) is 22.4. The van der Waals surface area contributed by atoms with Gasteiger partial charge >= 0.3 is 0 Å². The molecule has 5 aliphatic carbocycles. The molecular formula is C30H52O2. The van der Waals surface area contributed by atoms with Crippen molar-refractivity contribution in [3.05, 3.63) is 0 Å². The maximum Gasteiger partial charge on any atom is 0.0605 e. The lowest BCUT2D eigenvalue weighted by Gasteiger charge is -2.76. The van der Waals surface area contributed by atoms with Gasteiger partial charge in [-0.2, -0.15) is 0 Å². The molecule has 2 heteroatoms. The van der Waals surface area contributed by atoms with Gasteiger partial charge in [0.2, 0.25) is 0 Å². The van der Waals surface area contributed by atoms with Crippen molar-refractivity contribution in [2.45, 2.75) is 132 Å². The summed E-state index contributed by atoms with van der Waals surface area (Å²) in [7, 11) is 0. The van der Waals surface area contributed by atoms with E-state index in [1.54, 1.807) is 0 Å². The molecule has 11 atom stereocenters. The highest BCUT2D eigenvalue weighted by Gasteiger charge is 2.73. The smallest absolute Gasteiger partial charge is 0.0605 e. The van der Waals surface area contributed by atoms with Crippen molar-refractivity contribution in [2.75, 3.05) is 0 Å². The lowest BCUT2D eigenvalue weighted by Crippen LogP contribution is -2.71. The predicted octanol–water partition coefficient (Wildman–Crippen LogP) is 7.22. The Morgan fingerprint density at radius 3 is 1.97 bits per heavy atom. The van der Waals surface area contributed by atoms with Gasteiger partial charge in [0.05, 0.1) is 12.2 Å². The molecule has 0 aromatic carbocycles. The van der Waals surface area contributed by atoms with Crippen LogP contribution in [-0.2, 0) is 0 Å². The third kappa shape index (κ3) is 2.72. The molecule has 5 aliphatic rings. The average molecular weight is 445 g/mol. The van der Waals surface area contributed by atoms with Crippen LogP contribution < -0.4 is 0 Å². The minimum atomic E-state index is -0.218. The molecule has 5 fully saturated rings. The summed E-state index contributed by atoms with van der Waals surface area (Å²) >= 11 is 0. The van der Waals surface area contributed by atoms with Crippen molar-refractivity contribution in [1.82, 2.24) is 0 Å². The molecular weight excluding hydrogens is 392 g/mol. The van der Waals surface area contributed by atoms with E-state index in [9.17, 15) is 10.2 Å². The second-order valence-corrected chi connectivity index (χ2v) is 15.6. The first-order valence-corrected chi connectivity index (χ1v) is 14.0. The summed E-state index contributed by atoms with van der Waals surface area (Å²) in [5, 5.41) is 22.9. The van der Waals surface area contributed by atoms with E-state index in [0.717, 1.165) is 25.2 Å². The van der Waals surface area contributed by atoms with Crippen LogP contribution in [0.4, 0.5) is 0 Å². The third-order valence-corrected chi connectivity index (χ3v) is 14.0. The van der Waals surface area contributed by atoms with E-state index in [4.69, 9.17) is 0 Å². The minimum absolute atomic E-state index is 0.0203. The Bertz CT molecular complexity index is 775. The van der Waals surface area contributed by atoms with Gasteiger partial charge in [0, 0.05) is 5.41 Å². The van der Waals surface area contributed by atoms with E-state index in [1.807, 2.05) is 0 Å². The summed E-state index contributed by atoms with van der Waals surface area (Å²) in [6, 6.07) is 0. The highest BCUT2D eigenvalue weighted by atomic mass is 16.3. The predicted molar refractivity (Wildman–Crippen MR) is 132 cm³/mol. The molecule has 0 aromatic rings. The highest BCUT2D eigenvalue weighted by molar-refractivity contribution is 5.21. The molecule has 2 nitrogen and oxygen atoms in total. The normalized spacial score (nSPS) is 61.7. The van der Waals surface area contributed by atoms with Gasteiger partial charge in [-0.3, -0.25) is 0 Å². The Balaban J connectivity index is 1.58. The lowest BCUT2D eigenvalue weighted by molar-refractivity contribution is -0.295. The number of hydrogen-bond donors (Lipinski definition) is 2. The Labute approximate surface area is 198 Å². The Hall–Kier alpha value is -0.0800. The number of aliphatic hydroxyl groups is 2. The number of aliphatic hydroxyl groups excluding tert-OH is 2. The van der Waals surface area contributed by atoms with E-state index >= 15 is 0 Å². The van der Waals surface area contributed by atoms with Gasteiger partial charge in [0.1, 0.15) is 0 Å². The molecule has 5 rings (SSSR count). The van der Waals surface area contributed by atoms with Crippen LogP contribution in [-0.4, -0.2) is 22.4 Å². The molecule has 0 aromatic heterocycles. The van der Waals surface area contributed by atoms with Crippen LogP contribution in [0.3, 0.4) is 0 Å². The second kappa shape index (κ2) is 6.77. The zero-order valence-corrected chi connectivity index (χ0v) is 22.4. The van der Waals surface area contributed by atoms with Gasteiger partial charge in [-0.15, -0.1) is 0 Å². The van der Waals surface area contributed by atoms with Gasteiger partial charge in [-0.1, -0.05) is 55.4 Å². The van der Waals surface area contributed by atoms with Crippen molar-refractivity contribution in [1.29, 1.82) is 0 Å². The summed E-state index contributed by atoms with van der Waals surface area (Å²) in [5.41, 5.74) is 1.53. The van der Waals surface area contributed by atoms with E-state index in [-0.39, 0.29) is 28.5 Å². The standard InChI is InChI=1S/C30H52O2/c1-19-20(31)9-10-21-27(19,5)12-11-22-28(6)16-15-26(4)14-13-25(2,3)17-23(26)29(28,7)18-24(32)30(21,22)8/h19-24,31-32H,9-18H2,1-8H3. The summed E-state index contributed by atoms with van der Waals surface area (Å²) < 4.78 is 0. The van der Waals surface area contributed by atoms with Crippen molar-refractivity contribution in [3.8, 4) is 0 Å². The van der Waals surface area contributed by atoms with Crippen LogP contribution in [0.25, 0.3) is 0 Å². The van der Waals surface area contributed by atoms with Crippen molar-refractivity contribution >= 4 is 0 Å². The maximum atomic E-state index is 12.1. The molecule has 0 spiro atoms. The van der Waals surface area contributed by atoms with Crippen LogP contribution >= 0.6 is 0 Å². The highest BCUT2D eigenvalue weighted by Crippen LogP contribution is 2.78. The fourth-order valence-electron chi connectivity index (χ4n) is 11.4. The first kappa shape index (κ1) is 23.7. The zero-order chi connectivity index (χ0) is 23.5. The van der Waals surface area contributed by atoms with Gasteiger partial charge in [0.25, 0.3) is 0 Å². The summed E-state index contributed by atoms with van der Waals surface area (Å²) in [4.78, 5) is 0. The Morgan fingerprint density at radius 1 is 0.625 bits per heavy atom. The van der Waals surface area contributed by atoms with Gasteiger partial charge in [-0.25, -0.2) is 0 Å². The van der Waals surface area contributed by atoms with Crippen LogP contribution in [0, 0.1) is 56.2 Å². The summed E-state index contributed by atoms with van der Waals surface area (Å²) in [5.74, 6) is 2.18. The molecule has 0 aliphatic heterocycles. The second-order valence-electron chi connectivity index (χ2n) is 15.6. The summed E-state index contributed by atoms with van der Waals surface area (Å²) in [6.07, 6.45) is 11.8. The van der Waals surface area contributed by atoms with E-state index in [2.05, 4.69) is 55.4 Å². The van der Waals surface area contributed by atoms with Crippen molar-refractivity contribution < 1.29 is 10.2 Å². The lowest BCUT2D eigenvalue weighted by atomic mass is 9.29. The minimum Gasteiger partial charge on any atom is -0.393 e. The molecule has 0 heterocycles. The van der Waals surface area contributed by atoms with E-state index in [1.165, 1.54) is 44.9 Å². The van der Waals surface area contributed by atoms with Gasteiger partial charge in [-0.05, 0) is 115 Å². The largest absolute Gasteiger partial charge is 0.393 e. The summed E-state index contributed by atoms with van der Waals surface area (Å²) in [6.45, 7) is 20.1. The van der Waals surface area contributed by atoms with Crippen LogP contribution in [0.15, 0.2) is 0 Å². The molecule has 0 radical (unpaired) electrons. The van der Waals surface area contributed by atoms with Gasteiger partial charge < -0.3 is 10.2 Å². The first-order chi connectivity index (χ1) is 14.6. The molecule has 2 N–H and O–H groups in total. The number of fused-ring (bicyclic) bond motifs is 7. The third-order valence-electron chi connectivity index (χ3n) is 14.0. The molecule has 0 amide bonds. The van der Waals surface area contributed by atoms with Gasteiger partial charge in [0.15, 0.2) is 0 Å². The van der Waals surface area contributed by atoms with Crippen molar-refractivity contribution in [3.63, 3.8) is 0 Å². The van der Waals surface area contributed by atoms with Crippen molar-refractivity contribution in [2.24, 2.45) is 56.2 Å². The Kier molecular flexibility index (Phi) is 5.01. The van der Waals surface area contributed by atoms with Crippen LogP contribution in [0.1, 0.15) is 120 Å². The SMILES string of the molecule is CC1C(O)CCC2C1(C)CCC1C2(C)C(O)CC2(C)C3CC(C)(C)CCC3(C)CCC12C. The van der Waals surface area contributed by atoms with E-state index in [0.29, 0.717) is 34.0 Å². The number of rotatable bonds is 0. The monoisotopic (exact) mass is 444 g/mol. The molecule has 32 heavy (non-hydrogen) atoms. The maximum absolute atomic E-state index is 12.1. The Morgan fingerprint density at radius 2 is 1.28 bits per heavy atom. The molecule has 0 saturated heterocycles. The fraction of sp³-hybridized carbons (Fsp3) is 1.00. The molecule has 0 bridgehead atoms. The first-order valence-electron chi connectivity index (χ1n) is 14.0. The van der Waals surface area contributed by atoms with Crippen LogP contribution in [0.5, 0.6) is 0 Å². The van der Waals surface area contributed by atoms with E-state index < -0.39 is 0 Å². The quantitative estimate of drug-likeness (QED) is 0.414.